The van der Waals surface area contributed by atoms with Gasteiger partial charge >= 0.3 is 6.01 Å². The normalized spacial score (nSPS) is 14.8. The van der Waals surface area contributed by atoms with E-state index >= 15 is 0 Å². The second kappa shape index (κ2) is 6.51. The maximum Gasteiger partial charge on any atom is 0.324 e. The number of nitrogens with zero attached hydrogens (tertiary/aromatic N) is 4. The summed E-state index contributed by atoms with van der Waals surface area (Å²) in [6, 6.07) is 13.2. The van der Waals surface area contributed by atoms with Crippen LogP contribution in [0.15, 0.2) is 53.1 Å². The SMILES string of the molecule is Fc1ccc(N2CCN(c3nc(-c4ccccc4F)no3)CC2)cc1. The van der Waals surface area contributed by atoms with E-state index in [4.69, 9.17) is 4.52 Å². The van der Waals surface area contributed by atoms with E-state index in [9.17, 15) is 8.78 Å². The molecular formula is C18H16F2N4O. The van der Waals surface area contributed by atoms with E-state index in [1.165, 1.54) is 18.2 Å². The summed E-state index contributed by atoms with van der Waals surface area (Å²) in [4.78, 5) is 8.45. The number of hydrogen-bond acceptors (Lipinski definition) is 5. The maximum atomic E-state index is 13.8. The Labute approximate surface area is 143 Å². The van der Waals surface area contributed by atoms with Crippen LogP contribution in [0.2, 0.25) is 0 Å². The van der Waals surface area contributed by atoms with Crippen molar-refractivity contribution >= 4 is 11.7 Å². The molecule has 7 heteroatoms. The van der Waals surface area contributed by atoms with E-state index < -0.39 is 0 Å². The van der Waals surface area contributed by atoms with Crippen molar-refractivity contribution < 1.29 is 13.3 Å². The number of piperazine rings is 1. The molecule has 0 amide bonds. The zero-order valence-electron chi connectivity index (χ0n) is 13.4. The molecule has 0 N–H and O–H groups in total. The number of halogens is 2. The molecule has 1 aliphatic heterocycles. The largest absolute Gasteiger partial charge is 0.368 e. The summed E-state index contributed by atoms with van der Waals surface area (Å²) in [5, 5.41) is 3.89. The van der Waals surface area contributed by atoms with E-state index in [0.717, 1.165) is 18.8 Å². The van der Waals surface area contributed by atoms with Crippen LogP contribution in [0.25, 0.3) is 11.4 Å². The van der Waals surface area contributed by atoms with Crippen molar-refractivity contribution in [3.05, 3.63) is 60.2 Å². The lowest BCUT2D eigenvalue weighted by molar-refractivity contribution is 0.409. The van der Waals surface area contributed by atoms with Crippen molar-refractivity contribution in [3.63, 3.8) is 0 Å². The molecule has 2 heterocycles. The van der Waals surface area contributed by atoms with Gasteiger partial charge in [-0.3, -0.25) is 0 Å². The fourth-order valence-corrected chi connectivity index (χ4v) is 2.90. The minimum Gasteiger partial charge on any atom is -0.368 e. The van der Waals surface area contributed by atoms with Gasteiger partial charge in [-0.05, 0) is 36.4 Å². The number of rotatable bonds is 3. The quantitative estimate of drug-likeness (QED) is 0.730. The number of hydrogen-bond donors (Lipinski definition) is 0. The van der Waals surface area contributed by atoms with Gasteiger partial charge in [0.1, 0.15) is 11.6 Å². The maximum absolute atomic E-state index is 13.8. The molecule has 25 heavy (non-hydrogen) atoms. The first kappa shape index (κ1) is 15.6. The fraction of sp³-hybridized carbons (Fsp3) is 0.222. The van der Waals surface area contributed by atoms with Gasteiger partial charge in [0.2, 0.25) is 5.82 Å². The Hall–Kier alpha value is -2.96. The van der Waals surface area contributed by atoms with Crippen LogP contribution in [0.3, 0.4) is 0 Å². The Morgan fingerprint density at radius 3 is 2.24 bits per heavy atom. The topological polar surface area (TPSA) is 45.4 Å². The van der Waals surface area contributed by atoms with Gasteiger partial charge in [0.25, 0.3) is 0 Å². The highest BCUT2D eigenvalue weighted by molar-refractivity contribution is 5.56. The highest BCUT2D eigenvalue weighted by Crippen LogP contribution is 2.24. The highest BCUT2D eigenvalue weighted by Gasteiger charge is 2.22. The molecule has 128 valence electrons. The van der Waals surface area contributed by atoms with Crippen molar-refractivity contribution in [2.24, 2.45) is 0 Å². The minimum atomic E-state index is -0.379. The molecule has 0 saturated carbocycles. The van der Waals surface area contributed by atoms with Crippen LogP contribution in [-0.4, -0.2) is 36.3 Å². The standard InChI is InChI=1S/C18H16F2N4O/c19-13-5-7-14(8-6-13)23-9-11-24(12-10-23)18-21-17(22-25-18)15-3-1-2-4-16(15)20/h1-8H,9-12H2. The van der Waals surface area contributed by atoms with Gasteiger partial charge < -0.3 is 14.3 Å². The zero-order valence-corrected chi connectivity index (χ0v) is 13.4. The molecule has 4 rings (SSSR count). The van der Waals surface area contributed by atoms with Gasteiger partial charge in [0, 0.05) is 31.9 Å². The molecule has 0 bridgehead atoms. The predicted molar refractivity (Wildman–Crippen MR) is 90.5 cm³/mol. The smallest absolute Gasteiger partial charge is 0.324 e. The Morgan fingerprint density at radius 2 is 1.52 bits per heavy atom. The average Bonchev–Trinajstić information content (AvgIpc) is 3.13. The molecule has 0 radical (unpaired) electrons. The molecule has 0 unspecified atom stereocenters. The summed E-state index contributed by atoms with van der Waals surface area (Å²) in [5.74, 6) is -0.376. The summed E-state index contributed by atoms with van der Waals surface area (Å²) >= 11 is 0. The van der Waals surface area contributed by atoms with Gasteiger partial charge in [-0.15, -0.1) is 0 Å². The van der Waals surface area contributed by atoms with Crippen LogP contribution >= 0.6 is 0 Å². The Morgan fingerprint density at radius 1 is 0.840 bits per heavy atom. The Balaban J connectivity index is 1.45. The third kappa shape index (κ3) is 3.17. The van der Waals surface area contributed by atoms with Crippen LogP contribution in [0.4, 0.5) is 20.5 Å². The first-order chi connectivity index (χ1) is 12.2. The van der Waals surface area contributed by atoms with E-state index in [1.807, 2.05) is 4.90 Å². The lowest BCUT2D eigenvalue weighted by Crippen LogP contribution is -2.46. The molecule has 1 fully saturated rings. The minimum absolute atomic E-state index is 0.242. The summed E-state index contributed by atoms with van der Waals surface area (Å²) in [6.07, 6.45) is 0. The molecule has 5 nitrogen and oxygen atoms in total. The van der Waals surface area contributed by atoms with Crippen molar-refractivity contribution in [1.29, 1.82) is 0 Å². The van der Waals surface area contributed by atoms with E-state index in [1.54, 1.807) is 30.3 Å². The fourth-order valence-electron chi connectivity index (χ4n) is 2.90. The molecule has 2 aromatic carbocycles. The van der Waals surface area contributed by atoms with Gasteiger partial charge in [0.15, 0.2) is 0 Å². The predicted octanol–water partition coefficient (Wildman–Crippen LogP) is 3.34. The van der Waals surface area contributed by atoms with Crippen molar-refractivity contribution in [1.82, 2.24) is 10.1 Å². The third-order valence-electron chi connectivity index (χ3n) is 4.27. The molecule has 3 aromatic rings. The Bertz CT molecular complexity index is 858. The van der Waals surface area contributed by atoms with Crippen molar-refractivity contribution in [2.75, 3.05) is 36.0 Å². The molecule has 0 spiro atoms. The van der Waals surface area contributed by atoms with E-state index in [2.05, 4.69) is 15.0 Å². The second-order valence-electron chi connectivity index (χ2n) is 5.83. The summed E-state index contributed by atoms with van der Waals surface area (Å²) < 4.78 is 32.2. The van der Waals surface area contributed by atoms with Crippen LogP contribution in [-0.2, 0) is 0 Å². The van der Waals surface area contributed by atoms with Crippen LogP contribution in [0.1, 0.15) is 0 Å². The second-order valence-corrected chi connectivity index (χ2v) is 5.83. The van der Waals surface area contributed by atoms with Crippen LogP contribution in [0.5, 0.6) is 0 Å². The molecule has 1 aromatic heterocycles. The van der Waals surface area contributed by atoms with Crippen LogP contribution in [0, 0.1) is 11.6 Å². The summed E-state index contributed by atoms with van der Waals surface area (Å²) in [6.45, 7) is 2.89. The highest BCUT2D eigenvalue weighted by atomic mass is 19.1. The number of benzene rings is 2. The average molecular weight is 342 g/mol. The van der Waals surface area contributed by atoms with Crippen molar-refractivity contribution in [3.8, 4) is 11.4 Å². The monoisotopic (exact) mass is 342 g/mol. The van der Waals surface area contributed by atoms with Gasteiger partial charge in [-0.2, -0.15) is 4.98 Å². The van der Waals surface area contributed by atoms with Gasteiger partial charge in [-0.25, -0.2) is 8.78 Å². The van der Waals surface area contributed by atoms with E-state index in [-0.39, 0.29) is 17.5 Å². The Kier molecular flexibility index (Phi) is 4.05. The number of anilines is 2. The summed E-state index contributed by atoms with van der Waals surface area (Å²) in [5.41, 5.74) is 1.31. The zero-order chi connectivity index (χ0) is 17.2. The van der Waals surface area contributed by atoms with Gasteiger partial charge in [-0.1, -0.05) is 17.3 Å². The van der Waals surface area contributed by atoms with Gasteiger partial charge in [0.05, 0.1) is 5.56 Å². The first-order valence-electron chi connectivity index (χ1n) is 8.05. The number of aromatic nitrogens is 2. The first-order valence-corrected chi connectivity index (χ1v) is 8.05. The molecule has 0 atom stereocenters. The molecule has 0 aliphatic carbocycles. The molecule has 1 saturated heterocycles. The lowest BCUT2D eigenvalue weighted by atomic mass is 10.2. The van der Waals surface area contributed by atoms with Crippen molar-refractivity contribution in [2.45, 2.75) is 0 Å². The van der Waals surface area contributed by atoms with Crippen LogP contribution < -0.4 is 9.80 Å². The summed E-state index contributed by atoms with van der Waals surface area (Å²) in [7, 11) is 0. The lowest BCUT2D eigenvalue weighted by Gasteiger charge is -2.35. The molecular weight excluding hydrogens is 326 g/mol. The molecule has 1 aliphatic rings. The third-order valence-corrected chi connectivity index (χ3v) is 4.27. The van der Waals surface area contributed by atoms with E-state index in [0.29, 0.717) is 24.7 Å².